The number of carbonyl (C=O) groups excluding carboxylic acids is 1. The maximum Gasteiger partial charge on any atom is 0.262 e. The van der Waals surface area contributed by atoms with Crippen molar-refractivity contribution in [1.82, 2.24) is 9.55 Å². The van der Waals surface area contributed by atoms with Crippen molar-refractivity contribution >= 4 is 44.9 Å². The van der Waals surface area contributed by atoms with Crippen LogP contribution < -0.4 is 10.9 Å². The van der Waals surface area contributed by atoms with Gasteiger partial charge in [-0.1, -0.05) is 17.8 Å². The van der Waals surface area contributed by atoms with Crippen LogP contribution in [0.5, 0.6) is 0 Å². The minimum atomic E-state index is -0.266. The molecule has 1 amide bonds. The molecule has 5 nitrogen and oxygen atoms in total. The smallest absolute Gasteiger partial charge is 0.262 e. The Morgan fingerprint density at radius 1 is 1.07 bits per heavy atom. The first-order chi connectivity index (χ1) is 14.0. The Bertz CT molecular complexity index is 1240. The molecule has 1 N–H and O–H groups in total. The van der Waals surface area contributed by atoms with Gasteiger partial charge in [-0.2, -0.15) is 0 Å². The van der Waals surface area contributed by atoms with Crippen molar-refractivity contribution < 1.29 is 4.79 Å². The third-order valence-corrected chi connectivity index (χ3v) is 6.43. The maximum absolute atomic E-state index is 12.4. The molecule has 0 saturated heterocycles. The second kappa shape index (κ2) is 8.23. The molecule has 7 heteroatoms. The van der Waals surface area contributed by atoms with E-state index in [1.165, 1.54) is 38.3 Å². The molecule has 0 unspecified atom stereocenters. The summed E-state index contributed by atoms with van der Waals surface area (Å²) in [5.74, 6) is -0.266. The van der Waals surface area contributed by atoms with Gasteiger partial charge in [-0.05, 0) is 72.8 Å². The Morgan fingerprint density at radius 3 is 2.59 bits per heavy atom. The zero-order chi connectivity index (χ0) is 20.4. The Hall–Kier alpha value is -2.90. The average molecular weight is 422 g/mol. The number of hydrogen-bond acceptors (Lipinski definition) is 5. The standard InChI is InChI=1S/C22H19N3O2S2/c1-14-3-6-18(11-15(14)2)29-17-7-4-16(5-8-17)24-20(26)12-25-13-23-21-19(22(25)27)9-10-28-21/h3-11,13H,12H2,1-2H3,(H,24,26). The minimum absolute atomic E-state index is 0.0727. The van der Waals surface area contributed by atoms with Crippen LogP contribution in [0.1, 0.15) is 11.1 Å². The van der Waals surface area contributed by atoms with Gasteiger partial charge in [-0.25, -0.2) is 4.98 Å². The number of anilines is 1. The lowest BCUT2D eigenvalue weighted by molar-refractivity contribution is -0.116. The van der Waals surface area contributed by atoms with Crippen molar-refractivity contribution in [3.63, 3.8) is 0 Å². The third kappa shape index (κ3) is 4.41. The first-order valence-corrected chi connectivity index (χ1v) is 10.8. The van der Waals surface area contributed by atoms with E-state index in [1.54, 1.807) is 17.8 Å². The zero-order valence-corrected chi connectivity index (χ0v) is 17.6. The van der Waals surface area contributed by atoms with Crippen LogP contribution in [-0.2, 0) is 11.3 Å². The van der Waals surface area contributed by atoms with Crippen LogP contribution in [0.15, 0.2) is 74.8 Å². The molecule has 4 rings (SSSR count). The van der Waals surface area contributed by atoms with Gasteiger partial charge in [-0.15, -0.1) is 11.3 Å². The summed E-state index contributed by atoms with van der Waals surface area (Å²) >= 11 is 3.09. The van der Waals surface area contributed by atoms with E-state index in [-0.39, 0.29) is 18.0 Å². The van der Waals surface area contributed by atoms with E-state index in [0.29, 0.717) is 15.9 Å². The van der Waals surface area contributed by atoms with E-state index in [9.17, 15) is 9.59 Å². The largest absolute Gasteiger partial charge is 0.325 e. The summed E-state index contributed by atoms with van der Waals surface area (Å²) < 4.78 is 1.33. The van der Waals surface area contributed by atoms with E-state index in [4.69, 9.17) is 0 Å². The van der Waals surface area contributed by atoms with Crippen LogP contribution in [-0.4, -0.2) is 15.5 Å². The van der Waals surface area contributed by atoms with Gasteiger partial charge in [0.2, 0.25) is 5.91 Å². The van der Waals surface area contributed by atoms with Gasteiger partial charge in [0.05, 0.1) is 11.7 Å². The highest BCUT2D eigenvalue weighted by Gasteiger charge is 2.09. The molecule has 0 bridgehead atoms. The summed E-state index contributed by atoms with van der Waals surface area (Å²) in [6.45, 7) is 4.13. The normalized spacial score (nSPS) is 11.0. The highest BCUT2D eigenvalue weighted by molar-refractivity contribution is 7.99. The molecule has 0 radical (unpaired) electrons. The molecule has 0 aliphatic rings. The fourth-order valence-corrected chi connectivity index (χ4v) is 4.52. The number of nitrogens with one attached hydrogen (secondary N) is 1. The molecular formula is C22H19N3O2S2. The van der Waals surface area contributed by atoms with E-state index in [2.05, 4.69) is 42.3 Å². The molecule has 0 saturated carbocycles. The Kier molecular flexibility index (Phi) is 5.51. The van der Waals surface area contributed by atoms with Crippen LogP contribution in [0, 0.1) is 13.8 Å². The number of aryl methyl sites for hydroxylation is 2. The summed E-state index contributed by atoms with van der Waals surface area (Å²) in [7, 11) is 0. The van der Waals surface area contributed by atoms with Gasteiger partial charge >= 0.3 is 0 Å². The second-order valence-corrected chi connectivity index (χ2v) is 8.78. The minimum Gasteiger partial charge on any atom is -0.325 e. The highest BCUT2D eigenvalue weighted by Crippen LogP contribution is 2.29. The van der Waals surface area contributed by atoms with E-state index >= 15 is 0 Å². The number of benzene rings is 2. The number of fused-ring (bicyclic) bond motifs is 1. The summed E-state index contributed by atoms with van der Waals surface area (Å²) in [4.78, 5) is 31.9. The van der Waals surface area contributed by atoms with Crippen molar-refractivity contribution in [3.8, 4) is 0 Å². The molecule has 0 aliphatic carbocycles. The Balaban J connectivity index is 1.41. The number of rotatable bonds is 5. The zero-order valence-electron chi connectivity index (χ0n) is 16.0. The quantitative estimate of drug-likeness (QED) is 0.500. The molecule has 0 fully saturated rings. The van der Waals surface area contributed by atoms with Gasteiger partial charge < -0.3 is 5.32 Å². The SMILES string of the molecule is Cc1ccc(Sc2ccc(NC(=O)Cn3cnc4sccc4c3=O)cc2)cc1C. The lowest BCUT2D eigenvalue weighted by Crippen LogP contribution is -2.27. The predicted octanol–water partition coefficient (Wildman–Crippen LogP) is 4.86. The summed E-state index contributed by atoms with van der Waals surface area (Å²) in [6, 6.07) is 15.8. The van der Waals surface area contributed by atoms with Crippen LogP contribution >= 0.6 is 23.1 Å². The first kappa shape index (κ1) is 19.4. The second-order valence-electron chi connectivity index (χ2n) is 6.74. The van der Waals surface area contributed by atoms with Crippen LogP contribution in [0.3, 0.4) is 0 Å². The molecule has 2 aromatic carbocycles. The summed E-state index contributed by atoms with van der Waals surface area (Å²) in [6.07, 6.45) is 1.42. The van der Waals surface area contributed by atoms with Gasteiger partial charge in [0.15, 0.2) is 0 Å². The van der Waals surface area contributed by atoms with Crippen molar-refractivity contribution in [1.29, 1.82) is 0 Å². The summed E-state index contributed by atoms with van der Waals surface area (Å²) in [5.41, 5.74) is 3.03. The van der Waals surface area contributed by atoms with Crippen LogP contribution in [0.4, 0.5) is 5.69 Å². The molecule has 4 aromatic rings. The molecule has 2 heterocycles. The van der Waals surface area contributed by atoms with Crippen molar-refractivity contribution in [2.24, 2.45) is 0 Å². The molecule has 0 aliphatic heterocycles. The number of amides is 1. The maximum atomic E-state index is 12.4. The fraction of sp³-hybridized carbons (Fsp3) is 0.136. The van der Waals surface area contributed by atoms with Gasteiger partial charge in [-0.3, -0.25) is 14.2 Å². The number of nitrogens with zero attached hydrogens (tertiary/aromatic N) is 2. The van der Waals surface area contributed by atoms with E-state index < -0.39 is 0 Å². The van der Waals surface area contributed by atoms with E-state index in [0.717, 1.165) is 4.90 Å². The molecule has 2 aromatic heterocycles. The van der Waals surface area contributed by atoms with Gasteiger partial charge in [0, 0.05) is 15.5 Å². The first-order valence-electron chi connectivity index (χ1n) is 9.07. The highest BCUT2D eigenvalue weighted by atomic mass is 32.2. The Labute approximate surface area is 176 Å². The lowest BCUT2D eigenvalue weighted by atomic mass is 10.1. The van der Waals surface area contributed by atoms with Crippen molar-refractivity contribution in [2.75, 3.05) is 5.32 Å². The molecule has 0 atom stereocenters. The average Bonchev–Trinajstić information content (AvgIpc) is 3.18. The fourth-order valence-electron chi connectivity index (χ4n) is 2.88. The Morgan fingerprint density at radius 2 is 1.83 bits per heavy atom. The van der Waals surface area contributed by atoms with E-state index in [1.807, 2.05) is 29.6 Å². The van der Waals surface area contributed by atoms with Gasteiger partial charge in [0.25, 0.3) is 5.56 Å². The number of carbonyl (C=O) groups is 1. The number of hydrogen-bond donors (Lipinski definition) is 1. The lowest BCUT2D eigenvalue weighted by Gasteiger charge is -2.09. The van der Waals surface area contributed by atoms with Crippen LogP contribution in [0.2, 0.25) is 0 Å². The number of thiophene rings is 1. The molecule has 0 spiro atoms. The molecular weight excluding hydrogens is 402 g/mol. The summed E-state index contributed by atoms with van der Waals surface area (Å²) in [5, 5.41) is 5.19. The topological polar surface area (TPSA) is 64.0 Å². The molecule has 146 valence electrons. The third-order valence-electron chi connectivity index (χ3n) is 4.62. The van der Waals surface area contributed by atoms with Crippen LogP contribution in [0.25, 0.3) is 10.2 Å². The number of aromatic nitrogens is 2. The monoisotopic (exact) mass is 421 g/mol. The van der Waals surface area contributed by atoms with Crippen molar-refractivity contribution in [3.05, 3.63) is 81.7 Å². The predicted molar refractivity (Wildman–Crippen MR) is 119 cm³/mol. The van der Waals surface area contributed by atoms with Gasteiger partial charge in [0.1, 0.15) is 11.4 Å². The molecule has 29 heavy (non-hydrogen) atoms. The van der Waals surface area contributed by atoms with Crippen molar-refractivity contribution in [2.45, 2.75) is 30.2 Å².